The molecule has 0 aromatic carbocycles. The van der Waals surface area contributed by atoms with E-state index in [9.17, 15) is 0 Å². The first-order valence-electron chi connectivity index (χ1n) is 14.0. The lowest BCUT2D eigenvalue weighted by atomic mass is 9.82. The number of nitrogens with zero attached hydrogens (tertiary/aromatic N) is 2. The third-order valence-corrected chi connectivity index (χ3v) is 7.88. The van der Waals surface area contributed by atoms with Gasteiger partial charge in [-0.1, -0.05) is 82.2 Å². The zero-order valence-corrected chi connectivity index (χ0v) is 22.8. The molecule has 2 heterocycles. The Morgan fingerprint density at radius 2 is 1.79 bits per heavy atom. The van der Waals surface area contributed by atoms with Gasteiger partial charge in [-0.2, -0.15) is 0 Å². The van der Waals surface area contributed by atoms with Gasteiger partial charge in [0, 0.05) is 13.1 Å². The normalized spacial score (nSPS) is 25.4. The van der Waals surface area contributed by atoms with E-state index < -0.39 is 0 Å². The van der Waals surface area contributed by atoms with Crippen LogP contribution >= 0.6 is 0 Å². The summed E-state index contributed by atoms with van der Waals surface area (Å²) in [5.41, 5.74) is 4.00. The monoisotopic (exact) mass is 464 g/mol. The molecule has 3 rings (SSSR count). The van der Waals surface area contributed by atoms with E-state index in [-0.39, 0.29) is 0 Å². The van der Waals surface area contributed by atoms with Crippen LogP contribution in [0.25, 0.3) is 0 Å². The van der Waals surface area contributed by atoms with Crippen molar-refractivity contribution < 1.29 is 0 Å². The number of rotatable bonds is 9. The molecule has 2 saturated heterocycles. The second-order valence-electron chi connectivity index (χ2n) is 10.2. The van der Waals surface area contributed by atoms with Gasteiger partial charge in [0.2, 0.25) is 0 Å². The van der Waals surface area contributed by atoms with Gasteiger partial charge in [0.25, 0.3) is 0 Å². The topological polar surface area (TPSA) is 6.48 Å². The number of likely N-dealkylation sites (tertiary alicyclic amines) is 2. The van der Waals surface area contributed by atoms with Crippen molar-refractivity contribution in [2.45, 2.75) is 85.1 Å². The van der Waals surface area contributed by atoms with Crippen LogP contribution in [-0.4, -0.2) is 48.6 Å². The van der Waals surface area contributed by atoms with E-state index >= 15 is 0 Å². The first kappa shape index (κ1) is 28.6. The Morgan fingerprint density at radius 3 is 2.35 bits per heavy atom. The first-order chi connectivity index (χ1) is 16.6. The van der Waals surface area contributed by atoms with Gasteiger partial charge in [-0.05, 0) is 94.1 Å². The van der Waals surface area contributed by atoms with Gasteiger partial charge in [-0.15, -0.1) is 6.58 Å². The van der Waals surface area contributed by atoms with E-state index in [4.69, 9.17) is 0 Å². The molecule has 0 radical (unpaired) electrons. The van der Waals surface area contributed by atoms with Crippen LogP contribution in [-0.2, 0) is 0 Å². The molecule has 3 unspecified atom stereocenters. The minimum atomic E-state index is 0.460. The Morgan fingerprint density at radius 1 is 1.06 bits per heavy atom. The summed E-state index contributed by atoms with van der Waals surface area (Å²) >= 11 is 0. The molecule has 0 spiro atoms. The molecule has 2 aliphatic heterocycles. The zero-order chi connectivity index (χ0) is 24.8. The molecule has 190 valence electrons. The summed E-state index contributed by atoms with van der Waals surface area (Å²) in [6.07, 6.45) is 26.0. The molecule has 2 heteroatoms. The summed E-state index contributed by atoms with van der Waals surface area (Å²) in [6.45, 7) is 23.1. The second kappa shape index (κ2) is 16.1. The second-order valence-corrected chi connectivity index (χ2v) is 10.2. The minimum absolute atomic E-state index is 0.460. The van der Waals surface area contributed by atoms with Gasteiger partial charge in [-0.25, -0.2) is 0 Å². The maximum absolute atomic E-state index is 4.27. The fraction of sp³-hybridized carbons (Fsp3) is 0.625. The van der Waals surface area contributed by atoms with E-state index in [1.54, 1.807) is 0 Å². The van der Waals surface area contributed by atoms with Crippen molar-refractivity contribution in [1.29, 1.82) is 0 Å². The predicted molar refractivity (Wildman–Crippen MR) is 152 cm³/mol. The lowest BCUT2D eigenvalue weighted by Gasteiger charge is -2.38. The highest BCUT2D eigenvalue weighted by Gasteiger charge is 2.26. The fourth-order valence-electron chi connectivity index (χ4n) is 5.80. The van der Waals surface area contributed by atoms with Crippen molar-refractivity contribution >= 4 is 0 Å². The minimum Gasteiger partial charge on any atom is -0.299 e. The summed E-state index contributed by atoms with van der Waals surface area (Å²) in [5, 5.41) is 0. The molecule has 0 aromatic heterocycles. The molecule has 2 nitrogen and oxygen atoms in total. The van der Waals surface area contributed by atoms with Gasteiger partial charge in [0.15, 0.2) is 0 Å². The van der Waals surface area contributed by atoms with E-state index in [0.29, 0.717) is 6.04 Å². The third-order valence-electron chi connectivity index (χ3n) is 7.88. The van der Waals surface area contributed by atoms with Gasteiger partial charge < -0.3 is 0 Å². The molecule has 0 saturated carbocycles. The summed E-state index contributed by atoms with van der Waals surface area (Å²) in [6, 6.07) is 0.460. The summed E-state index contributed by atoms with van der Waals surface area (Å²) in [5.74, 6) is 1.81. The zero-order valence-electron chi connectivity index (χ0n) is 22.8. The standard InChI is InChI=1S/C18H31N.C14H21N/c1-6-10-16(7-2)15(5)13-19-12-11-17(8-3)18(9-4)14-19;1-2-14(13-9-5-3-6-10-13)15-11-7-4-8-12-15/h6-7,10,17-18H,5,8-9,11-14H2,1-4H3;2,5,9-10,14H,1,3-4,6-8,11-12H2/b10-6-,16-7+;. The Balaban J connectivity index is 0.000000246. The smallest absolute Gasteiger partial charge is 0.0525 e. The van der Waals surface area contributed by atoms with Crippen LogP contribution in [0.2, 0.25) is 0 Å². The van der Waals surface area contributed by atoms with Crippen molar-refractivity contribution in [2.24, 2.45) is 11.8 Å². The van der Waals surface area contributed by atoms with Crippen molar-refractivity contribution in [1.82, 2.24) is 9.80 Å². The van der Waals surface area contributed by atoms with Crippen molar-refractivity contribution in [3.8, 4) is 0 Å². The average molecular weight is 465 g/mol. The number of piperidine rings is 2. The van der Waals surface area contributed by atoms with Crippen molar-refractivity contribution in [2.75, 3.05) is 32.7 Å². The van der Waals surface area contributed by atoms with E-state index in [0.717, 1.165) is 18.4 Å². The first-order valence-corrected chi connectivity index (χ1v) is 14.0. The third kappa shape index (κ3) is 8.86. The molecule has 3 atom stereocenters. The highest BCUT2D eigenvalue weighted by molar-refractivity contribution is 5.38. The Hall–Kier alpha value is -1.64. The summed E-state index contributed by atoms with van der Waals surface area (Å²) in [7, 11) is 0. The Labute approximate surface area is 211 Å². The highest BCUT2D eigenvalue weighted by atomic mass is 15.2. The van der Waals surface area contributed by atoms with E-state index in [1.165, 1.54) is 94.3 Å². The summed E-state index contributed by atoms with van der Waals surface area (Å²) in [4.78, 5) is 5.16. The summed E-state index contributed by atoms with van der Waals surface area (Å²) < 4.78 is 0. The van der Waals surface area contributed by atoms with Crippen molar-refractivity contribution in [3.05, 3.63) is 72.4 Å². The van der Waals surface area contributed by atoms with Crippen LogP contribution in [0, 0.1) is 11.8 Å². The van der Waals surface area contributed by atoms with Crippen LogP contribution in [0.5, 0.6) is 0 Å². The largest absolute Gasteiger partial charge is 0.299 e. The molecular formula is C32H52N2. The molecule has 0 bridgehead atoms. The molecular weight excluding hydrogens is 412 g/mol. The Kier molecular flexibility index (Phi) is 13.5. The van der Waals surface area contributed by atoms with E-state index in [2.05, 4.69) is 93.2 Å². The van der Waals surface area contributed by atoms with Crippen LogP contribution in [0.15, 0.2) is 72.4 Å². The van der Waals surface area contributed by atoms with E-state index in [1.807, 2.05) is 0 Å². The van der Waals surface area contributed by atoms with Gasteiger partial charge in [0.05, 0.1) is 6.04 Å². The van der Waals surface area contributed by atoms with Gasteiger partial charge in [0.1, 0.15) is 0 Å². The van der Waals surface area contributed by atoms with Crippen LogP contribution < -0.4 is 0 Å². The number of hydrogen-bond acceptors (Lipinski definition) is 2. The molecule has 3 aliphatic rings. The van der Waals surface area contributed by atoms with Gasteiger partial charge in [-0.3, -0.25) is 9.80 Å². The molecule has 1 aliphatic carbocycles. The fourth-order valence-corrected chi connectivity index (χ4v) is 5.80. The molecule has 0 aromatic rings. The average Bonchev–Trinajstić information content (AvgIpc) is 2.89. The van der Waals surface area contributed by atoms with Crippen molar-refractivity contribution in [3.63, 3.8) is 0 Å². The SMILES string of the molecule is C=C(CN1CCC(CC)C(CC)C1)C(/C=C\C)=C/C.C=CC(C1=CCCC=C1)N1CCCCC1. The number of allylic oxidation sites excluding steroid dienone is 5. The van der Waals surface area contributed by atoms with Crippen LogP contribution in [0.3, 0.4) is 0 Å². The molecule has 0 amide bonds. The van der Waals surface area contributed by atoms with Crippen LogP contribution in [0.4, 0.5) is 0 Å². The molecule has 2 fully saturated rings. The van der Waals surface area contributed by atoms with Gasteiger partial charge >= 0.3 is 0 Å². The molecule has 0 N–H and O–H groups in total. The lowest BCUT2D eigenvalue weighted by Crippen LogP contribution is -2.41. The quantitative estimate of drug-likeness (QED) is 0.251. The lowest BCUT2D eigenvalue weighted by molar-refractivity contribution is 0.122. The maximum atomic E-state index is 4.27. The maximum Gasteiger partial charge on any atom is 0.0525 e. The number of hydrogen-bond donors (Lipinski definition) is 0. The van der Waals surface area contributed by atoms with Crippen LogP contribution in [0.1, 0.15) is 79.1 Å². The Bertz CT molecular complexity index is 732. The highest BCUT2D eigenvalue weighted by Crippen LogP contribution is 2.29. The molecule has 34 heavy (non-hydrogen) atoms. The predicted octanol–water partition coefficient (Wildman–Crippen LogP) is 8.13.